The van der Waals surface area contributed by atoms with Crippen molar-refractivity contribution in [1.29, 1.82) is 0 Å². The number of halogens is 10. The first-order valence-corrected chi connectivity index (χ1v) is 12.1. The van der Waals surface area contributed by atoms with E-state index < -0.39 is 71.6 Å². The summed E-state index contributed by atoms with van der Waals surface area (Å²) in [6.07, 6.45) is -15.9. The van der Waals surface area contributed by atoms with Crippen LogP contribution in [0.5, 0.6) is 0 Å². The molecule has 0 aliphatic carbocycles. The number of oxime groups is 1. The van der Waals surface area contributed by atoms with E-state index in [1.165, 1.54) is 36.4 Å². The van der Waals surface area contributed by atoms with Gasteiger partial charge in [0.15, 0.2) is 0 Å². The van der Waals surface area contributed by atoms with Crippen LogP contribution in [-0.2, 0) is 21.4 Å². The van der Waals surface area contributed by atoms with Crippen molar-refractivity contribution in [3.63, 3.8) is 0 Å². The van der Waals surface area contributed by atoms with Gasteiger partial charge in [-0.3, -0.25) is 9.59 Å². The van der Waals surface area contributed by atoms with Gasteiger partial charge in [-0.05, 0) is 35.0 Å². The number of nitrogens with zero attached hydrogens (tertiary/aromatic N) is 1. The SMILES string of the molecule is O=C(CNC(=O)c1ccc(C2=NO[C@](c3cc(Cl)cc(C(F)(F)F)c3)(C(F)(F)F)C2)c2ccccc12)NCC(F)(F)F. The summed E-state index contributed by atoms with van der Waals surface area (Å²) in [7, 11) is 0. The molecule has 0 bridgehead atoms. The monoisotopic (exact) mass is 625 g/mol. The van der Waals surface area contributed by atoms with Crippen LogP contribution in [0.4, 0.5) is 39.5 Å². The first-order valence-electron chi connectivity index (χ1n) is 11.7. The molecule has 2 N–H and O–H groups in total. The Morgan fingerprint density at radius 1 is 0.905 bits per heavy atom. The van der Waals surface area contributed by atoms with Gasteiger partial charge in [-0.15, -0.1) is 0 Å². The lowest BCUT2D eigenvalue weighted by atomic mass is 9.84. The second kappa shape index (κ2) is 11.0. The third-order valence-electron chi connectivity index (χ3n) is 6.25. The van der Waals surface area contributed by atoms with Crippen molar-refractivity contribution < 1.29 is 53.9 Å². The van der Waals surface area contributed by atoms with E-state index >= 15 is 0 Å². The molecule has 224 valence electrons. The van der Waals surface area contributed by atoms with Crippen LogP contribution in [0.1, 0.15) is 33.5 Å². The molecule has 1 aliphatic heterocycles. The molecule has 6 nitrogen and oxygen atoms in total. The summed E-state index contributed by atoms with van der Waals surface area (Å²) >= 11 is 5.73. The highest BCUT2D eigenvalue weighted by atomic mass is 35.5. The third-order valence-corrected chi connectivity index (χ3v) is 6.47. The lowest BCUT2D eigenvalue weighted by Crippen LogP contribution is -2.43. The Kier molecular flexibility index (Phi) is 8.10. The molecular formula is C26H17ClF9N3O3. The summed E-state index contributed by atoms with van der Waals surface area (Å²) in [5.41, 5.74) is -5.95. The van der Waals surface area contributed by atoms with Gasteiger partial charge in [-0.25, -0.2) is 0 Å². The fourth-order valence-corrected chi connectivity index (χ4v) is 4.54. The summed E-state index contributed by atoms with van der Waals surface area (Å²) in [5, 5.41) is 7.11. The van der Waals surface area contributed by atoms with Gasteiger partial charge in [-0.2, -0.15) is 39.5 Å². The number of carbonyl (C=O) groups is 2. The van der Waals surface area contributed by atoms with E-state index in [0.29, 0.717) is 12.1 Å². The van der Waals surface area contributed by atoms with Crippen molar-refractivity contribution in [3.8, 4) is 0 Å². The van der Waals surface area contributed by atoms with E-state index in [-0.39, 0.29) is 33.7 Å². The van der Waals surface area contributed by atoms with Crippen LogP contribution in [0.3, 0.4) is 0 Å². The molecule has 0 spiro atoms. The minimum atomic E-state index is -5.24. The number of hydrogen-bond donors (Lipinski definition) is 2. The summed E-state index contributed by atoms with van der Waals surface area (Å²) in [6, 6.07) is 9.75. The second-order valence-electron chi connectivity index (χ2n) is 9.14. The van der Waals surface area contributed by atoms with E-state index in [0.717, 1.165) is 0 Å². The van der Waals surface area contributed by atoms with E-state index in [4.69, 9.17) is 16.4 Å². The van der Waals surface area contributed by atoms with Crippen molar-refractivity contribution >= 4 is 39.9 Å². The maximum atomic E-state index is 14.4. The largest absolute Gasteiger partial charge is 0.435 e. The van der Waals surface area contributed by atoms with Crippen molar-refractivity contribution in [2.45, 2.75) is 30.6 Å². The standard InChI is InChI=1S/C26H17ClF9N3O3/c27-15-8-13(7-14(9-15)25(31,32)33)23(26(34,35)36)10-20(39-42-23)18-5-6-19(17-4-2-1-3-16(17)18)22(41)37-11-21(40)38-12-24(28,29)30/h1-9H,10-12H2,(H,37,41)(H,38,40)/t23-/m1/s1. The summed E-state index contributed by atoms with van der Waals surface area (Å²) in [6.45, 7) is -2.39. The quantitative estimate of drug-likeness (QED) is 0.307. The molecule has 1 aliphatic rings. The Morgan fingerprint density at radius 3 is 2.19 bits per heavy atom. The Labute approximate surface area is 235 Å². The molecule has 16 heteroatoms. The number of benzene rings is 3. The number of hydrogen-bond acceptors (Lipinski definition) is 4. The number of rotatable bonds is 6. The average molecular weight is 626 g/mol. The number of alkyl halides is 9. The number of carbonyl (C=O) groups excluding carboxylic acids is 2. The molecule has 42 heavy (non-hydrogen) atoms. The van der Waals surface area contributed by atoms with Crippen molar-refractivity contribution in [3.05, 3.63) is 81.9 Å². The first kappa shape index (κ1) is 30.9. The van der Waals surface area contributed by atoms with E-state index in [9.17, 15) is 49.1 Å². The Balaban J connectivity index is 1.65. The Hall–Kier alpha value is -4.01. The topological polar surface area (TPSA) is 79.8 Å². The second-order valence-corrected chi connectivity index (χ2v) is 9.57. The van der Waals surface area contributed by atoms with Crippen LogP contribution >= 0.6 is 11.6 Å². The van der Waals surface area contributed by atoms with Gasteiger partial charge in [0.05, 0.1) is 17.8 Å². The van der Waals surface area contributed by atoms with E-state index in [1.807, 2.05) is 0 Å². The van der Waals surface area contributed by atoms with Crippen LogP contribution in [0.2, 0.25) is 5.02 Å². The van der Waals surface area contributed by atoms with Crippen LogP contribution in [0, 0.1) is 0 Å². The minimum absolute atomic E-state index is 0.0641. The maximum Gasteiger partial charge on any atom is 0.435 e. The van der Waals surface area contributed by atoms with Gasteiger partial charge < -0.3 is 15.5 Å². The van der Waals surface area contributed by atoms with Crippen LogP contribution in [0.15, 0.2) is 59.8 Å². The highest BCUT2D eigenvalue weighted by Crippen LogP contribution is 2.50. The summed E-state index contributed by atoms with van der Waals surface area (Å²) in [5.74, 6) is -1.98. The maximum absolute atomic E-state index is 14.4. The van der Waals surface area contributed by atoms with Crippen LogP contribution < -0.4 is 10.6 Å². The lowest BCUT2D eigenvalue weighted by Gasteiger charge is -2.30. The Morgan fingerprint density at radius 2 is 1.57 bits per heavy atom. The molecule has 0 fully saturated rings. The number of amides is 2. The average Bonchev–Trinajstić information content (AvgIpc) is 3.36. The molecule has 3 aromatic carbocycles. The predicted octanol–water partition coefficient (Wildman–Crippen LogP) is 6.50. The van der Waals surface area contributed by atoms with Crippen molar-refractivity contribution in [1.82, 2.24) is 10.6 Å². The first-order chi connectivity index (χ1) is 19.4. The molecular weight excluding hydrogens is 609 g/mol. The number of fused-ring (bicyclic) bond motifs is 1. The molecule has 0 aromatic heterocycles. The van der Waals surface area contributed by atoms with Gasteiger partial charge in [0, 0.05) is 28.1 Å². The molecule has 0 saturated heterocycles. The summed E-state index contributed by atoms with van der Waals surface area (Å²) in [4.78, 5) is 29.2. The highest BCUT2D eigenvalue weighted by Gasteiger charge is 2.62. The molecule has 0 unspecified atom stereocenters. The number of nitrogens with one attached hydrogen (secondary N) is 2. The van der Waals surface area contributed by atoms with E-state index in [2.05, 4.69) is 10.5 Å². The fourth-order valence-electron chi connectivity index (χ4n) is 4.30. The van der Waals surface area contributed by atoms with Crippen molar-refractivity contribution in [2.75, 3.05) is 13.1 Å². The molecule has 4 rings (SSSR count). The van der Waals surface area contributed by atoms with Gasteiger partial charge in [0.1, 0.15) is 6.54 Å². The van der Waals surface area contributed by atoms with Crippen LogP contribution in [0.25, 0.3) is 10.8 Å². The zero-order chi connectivity index (χ0) is 31.1. The Bertz CT molecular complexity index is 1570. The van der Waals surface area contributed by atoms with E-state index in [1.54, 1.807) is 5.32 Å². The molecule has 0 radical (unpaired) electrons. The lowest BCUT2D eigenvalue weighted by molar-refractivity contribution is -0.276. The molecule has 1 atom stereocenters. The normalized spacial score (nSPS) is 17.5. The highest BCUT2D eigenvalue weighted by molar-refractivity contribution is 6.30. The zero-order valence-electron chi connectivity index (χ0n) is 20.8. The van der Waals surface area contributed by atoms with Crippen molar-refractivity contribution in [2.24, 2.45) is 5.16 Å². The third kappa shape index (κ3) is 6.40. The minimum Gasteiger partial charge on any atom is -0.374 e. The van der Waals surface area contributed by atoms with Gasteiger partial charge in [0.25, 0.3) is 11.5 Å². The van der Waals surface area contributed by atoms with Crippen LogP contribution in [-0.4, -0.2) is 43.0 Å². The smallest absolute Gasteiger partial charge is 0.374 e. The molecule has 1 heterocycles. The molecule has 2 amide bonds. The van der Waals surface area contributed by atoms with Gasteiger partial charge in [0.2, 0.25) is 5.91 Å². The van der Waals surface area contributed by atoms with Gasteiger partial charge in [-0.1, -0.05) is 47.1 Å². The fraction of sp³-hybridized carbons (Fsp3) is 0.269. The predicted molar refractivity (Wildman–Crippen MR) is 132 cm³/mol. The van der Waals surface area contributed by atoms with Gasteiger partial charge >= 0.3 is 18.5 Å². The summed E-state index contributed by atoms with van der Waals surface area (Å²) < 4.78 is 120. The molecule has 3 aromatic rings. The molecule has 0 saturated carbocycles. The zero-order valence-corrected chi connectivity index (χ0v) is 21.5.